The van der Waals surface area contributed by atoms with Gasteiger partial charge in [-0.2, -0.15) is 10.2 Å². The fourth-order valence-corrected chi connectivity index (χ4v) is 6.70. The van der Waals surface area contributed by atoms with E-state index in [0.717, 1.165) is 29.4 Å². The summed E-state index contributed by atoms with van der Waals surface area (Å²) in [5, 5.41) is 23.4. The predicted octanol–water partition coefficient (Wildman–Crippen LogP) is 3.80. The molecule has 6 rings (SSSR count). The number of nitrogens with zero attached hydrogens (tertiary/aromatic N) is 5. The second-order valence-electron chi connectivity index (χ2n) is 9.64. The van der Waals surface area contributed by atoms with Gasteiger partial charge in [-0.1, -0.05) is 0 Å². The average Bonchev–Trinajstić information content (AvgIpc) is 3.29. The smallest absolute Gasteiger partial charge is 0.320 e. The molecule has 4 saturated carbocycles. The van der Waals surface area contributed by atoms with Crippen molar-refractivity contribution >= 4 is 27.5 Å². The molecule has 4 fully saturated rings. The van der Waals surface area contributed by atoms with E-state index in [9.17, 15) is 14.9 Å². The third-order valence-corrected chi connectivity index (χ3v) is 8.11. The minimum absolute atomic E-state index is 0.0709. The minimum Gasteiger partial charge on any atom is -0.350 e. The van der Waals surface area contributed by atoms with Crippen LogP contribution in [0.25, 0.3) is 0 Å². The van der Waals surface area contributed by atoms with E-state index in [1.807, 2.05) is 17.8 Å². The Morgan fingerprint density at radius 3 is 2.42 bits per heavy atom. The summed E-state index contributed by atoms with van der Waals surface area (Å²) < 4.78 is 4.55. The van der Waals surface area contributed by atoms with E-state index in [0.29, 0.717) is 37.3 Å². The molecule has 0 spiro atoms. The molecule has 2 aromatic rings. The lowest BCUT2D eigenvalue weighted by Gasteiger charge is -2.56. The molecule has 0 radical (unpaired) electrons. The molecule has 1 N–H and O–H groups in total. The van der Waals surface area contributed by atoms with Gasteiger partial charge in [-0.05, 0) is 85.6 Å². The summed E-state index contributed by atoms with van der Waals surface area (Å²) in [6.07, 6.45) is 11.0. The van der Waals surface area contributed by atoms with Crippen molar-refractivity contribution in [2.75, 3.05) is 6.54 Å². The number of hydrogen-bond donors (Lipinski definition) is 1. The maximum atomic E-state index is 12.8. The molecule has 10 heteroatoms. The predicted molar refractivity (Wildman–Crippen MR) is 117 cm³/mol. The van der Waals surface area contributed by atoms with Gasteiger partial charge in [-0.15, -0.1) is 0 Å². The first-order valence-corrected chi connectivity index (χ1v) is 11.8. The topological polar surface area (TPSA) is 108 Å². The van der Waals surface area contributed by atoms with Crippen LogP contribution in [0.15, 0.2) is 16.9 Å². The van der Waals surface area contributed by atoms with Gasteiger partial charge in [-0.3, -0.25) is 24.3 Å². The maximum absolute atomic E-state index is 12.8. The Labute approximate surface area is 188 Å². The lowest BCUT2D eigenvalue weighted by Crippen LogP contribution is -2.52. The molecule has 4 bridgehead atoms. The first-order valence-electron chi connectivity index (χ1n) is 11.1. The van der Waals surface area contributed by atoms with Crippen molar-refractivity contribution in [2.24, 2.45) is 17.8 Å². The van der Waals surface area contributed by atoms with Gasteiger partial charge in [0.2, 0.25) is 5.69 Å². The highest BCUT2D eigenvalue weighted by Gasteiger charge is 2.53. The molecule has 0 aromatic carbocycles. The van der Waals surface area contributed by atoms with Crippen molar-refractivity contribution in [3.05, 3.63) is 38.4 Å². The molecule has 0 aliphatic heterocycles. The van der Waals surface area contributed by atoms with E-state index in [-0.39, 0.29) is 16.9 Å². The number of nitro groups is 1. The first-order chi connectivity index (χ1) is 14.8. The summed E-state index contributed by atoms with van der Waals surface area (Å²) in [4.78, 5) is 23.9. The van der Waals surface area contributed by atoms with Crippen LogP contribution in [-0.2, 0) is 12.1 Å². The molecule has 4 aliphatic rings. The molecular formula is C21H27BrN6O3. The van der Waals surface area contributed by atoms with Gasteiger partial charge in [0.05, 0.1) is 20.6 Å². The number of nitrogens with one attached hydrogen (secondary N) is 1. The SMILES string of the molecule is Cc1nn(CCCNC(=O)c2nn(C34CC5CC(CC(C5)C3)C4)cc2[N+](=O)[O-])cc1Br. The molecular weight excluding hydrogens is 464 g/mol. The quantitative estimate of drug-likeness (QED) is 0.360. The Kier molecular flexibility index (Phi) is 5.15. The van der Waals surface area contributed by atoms with E-state index in [1.54, 1.807) is 4.68 Å². The Morgan fingerprint density at radius 2 is 1.87 bits per heavy atom. The summed E-state index contributed by atoms with van der Waals surface area (Å²) >= 11 is 3.43. The lowest BCUT2D eigenvalue weighted by molar-refractivity contribution is -0.385. The Hall–Kier alpha value is -2.23. The van der Waals surface area contributed by atoms with Crippen molar-refractivity contribution < 1.29 is 9.72 Å². The largest absolute Gasteiger partial charge is 0.350 e. The van der Waals surface area contributed by atoms with Crippen LogP contribution in [0.1, 0.15) is 61.1 Å². The van der Waals surface area contributed by atoms with E-state index in [2.05, 4.69) is 31.4 Å². The van der Waals surface area contributed by atoms with Crippen LogP contribution < -0.4 is 5.32 Å². The van der Waals surface area contributed by atoms with E-state index in [1.165, 1.54) is 25.5 Å². The molecule has 166 valence electrons. The van der Waals surface area contributed by atoms with Gasteiger partial charge in [0.15, 0.2) is 0 Å². The maximum Gasteiger partial charge on any atom is 0.320 e. The molecule has 31 heavy (non-hydrogen) atoms. The fraction of sp³-hybridized carbons (Fsp3) is 0.667. The molecule has 2 heterocycles. The van der Waals surface area contributed by atoms with Crippen LogP contribution in [0.4, 0.5) is 5.69 Å². The zero-order valence-corrected chi connectivity index (χ0v) is 19.2. The van der Waals surface area contributed by atoms with Crippen LogP contribution in [0.2, 0.25) is 0 Å². The summed E-state index contributed by atoms with van der Waals surface area (Å²) in [6.45, 7) is 2.97. The van der Waals surface area contributed by atoms with Crippen LogP contribution in [0.3, 0.4) is 0 Å². The second-order valence-corrected chi connectivity index (χ2v) is 10.5. The van der Waals surface area contributed by atoms with Crippen LogP contribution >= 0.6 is 15.9 Å². The number of carbonyl (C=O) groups excluding carboxylic acids is 1. The van der Waals surface area contributed by atoms with Crippen LogP contribution in [0, 0.1) is 34.8 Å². The van der Waals surface area contributed by atoms with E-state index in [4.69, 9.17) is 0 Å². The van der Waals surface area contributed by atoms with Gasteiger partial charge in [0.25, 0.3) is 5.91 Å². The number of aromatic nitrogens is 4. The molecule has 4 aliphatic carbocycles. The highest BCUT2D eigenvalue weighted by molar-refractivity contribution is 9.10. The number of aryl methyl sites for hydroxylation is 2. The summed E-state index contributed by atoms with van der Waals surface area (Å²) in [7, 11) is 0. The zero-order chi connectivity index (χ0) is 21.8. The van der Waals surface area contributed by atoms with Crippen molar-refractivity contribution in [1.29, 1.82) is 0 Å². The first kappa shape index (κ1) is 20.7. The summed E-state index contributed by atoms with van der Waals surface area (Å²) in [5.41, 5.74) is 0.497. The van der Waals surface area contributed by atoms with Crippen molar-refractivity contribution in [2.45, 2.75) is 64.0 Å². The fourth-order valence-electron chi connectivity index (χ4n) is 6.38. The van der Waals surface area contributed by atoms with Crippen molar-refractivity contribution in [3.8, 4) is 0 Å². The normalized spacial score (nSPS) is 28.8. The monoisotopic (exact) mass is 490 g/mol. The van der Waals surface area contributed by atoms with Crippen LogP contribution in [0.5, 0.6) is 0 Å². The highest BCUT2D eigenvalue weighted by atomic mass is 79.9. The van der Waals surface area contributed by atoms with E-state index >= 15 is 0 Å². The number of amides is 1. The Balaban J connectivity index is 1.28. The van der Waals surface area contributed by atoms with Crippen LogP contribution in [-0.4, -0.2) is 36.9 Å². The molecule has 9 nitrogen and oxygen atoms in total. The zero-order valence-electron chi connectivity index (χ0n) is 17.6. The third kappa shape index (κ3) is 3.79. The lowest BCUT2D eigenvalue weighted by atomic mass is 9.53. The third-order valence-electron chi connectivity index (χ3n) is 7.33. The average molecular weight is 491 g/mol. The molecule has 2 aromatic heterocycles. The van der Waals surface area contributed by atoms with Crippen molar-refractivity contribution in [1.82, 2.24) is 24.9 Å². The Morgan fingerprint density at radius 1 is 1.23 bits per heavy atom. The molecule has 0 saturated heterocycles. The van der Waals surface area contributed by atoms with Gasteiger partial charge in [0, 0.05) is 19.3 Å². The number of hydrogen-bond acceptors (Lipinski definition) is 5. The second kappa shape index (κ2) is 7.72. The molecule has 1 amide bonds. The minimum atomic E-state index is -0.483. The number of rotatable bonds is 7. The standard InChI is InChI=1S/C21H27BrN6O3/c1-13-17(22)11-26(24-13)4-2-3-23-20(29)19-18(28(30)31)12-27(25-19)21-8-14-5-15(9-21)7-16(6-14)10-21/h11-12,14-16H,2-10H2,1H3,(H,23,29). The van der Waals surface area contributed by atoms with Gasteiger partial charge in [-0.25, -0.2) is 0 Å². The molecule has 0 atom stereocenters. The summed E-state index contributed by atoms with van der Waals surface area (Å²) in [6, 6.07) is 0. The van der Waals surface area contributed by atoms with Gasteiger partial charge in [0.1, 0.15) is 6.20 Å². The van der Waals surface area contributed by atoms with Crippen molar-refractivity contribution in [3.63, 3.8) is 0 Å². The number of halogens is 1. The highest BCUT2D eigenvalue weighted by Crippen LogP contribution is 2.58. The van der Waals surface area contributed by atoms with Gasteiger partial charge >= 0.3 is 5.69 Å². The summed E-state index contributed by atoms with van der Waals surface area (Å²) in [5.74, 6) is 1.60. The number of carbonyl (C=O) groups is 1. The van der Waals surface area contributed by atoms with E-state index < -0.39 is 10.8 Å². The molecule has 0 unspecified atom stereocenters. The Bertz CT molecular complexity index is 974. The van der Waals surface area contributed by atoms with Gasteiger partial charge < -0.3 is 5.32 Å².